The van der Waals surface area contributed by atoms with Crippen LogP contribution in [0.25, 0.3) is 0 Å². The minimum absolute atomic E-state index is 0.227. The number of hydrogen-bond donors (Lipinski definition) is 3. The lowest BCUT2D eigenvalue weighted by Gasteiger charge is -2.11. The molecule has 144 valence electrons. The van der Waals surface area contributed by atoms with Crippen molar-refractivity contribution in [3.63, 3.8) is 0 Å². The molecule has 0 spiro atoms. The van der Waals surface area contributed by atoms with Gasteiger partial charge in [0.1, 0.15) is 5.82 Å². The Morgan fingerprint density at radius 1 is 1.04 bits per heavy atom. The summed E-state index contributed by atoms with van der Waals surface area (Å²) in [6, 6.07) is 13.8. The molecule has 1 aromatic heterocycles. The van der Waals surface area contributed by atoms with Gasteiger partial charge in [0.15, 0.2) is 11.5 Å². The molecule has 28 heavy (non-hydrogen) atoms. The summed E-state index contributed by atoms with van der Waals surface area (Å²) in [6.07, 6.45) is 1.64. The Labute approximate surface area is 162 Å². The zero-order valence-electron chi connectivity index (χ0n) is 15.5. The molecular weight excluding hydrogens is 360 g/mol. The number of ether oxygens (including phenoxy) is 2. The van der Waals surface area contributed by atoms with Gasteiger partial charge in [-0.3, -0.25) is 0 Å². The molecular formula is C20H20N4O4. The van der Waals surface area contributed by atoms with Crippen LogP contribution < -0.4 is 20.1 Å². The number of carboxylic acid groups (broad SMARTS) is 1. The minimum Gasteiger partial charge on any atom is -0.493 e. The lowest BCUT2D eigenvalue weighted by molar-refractivity contribution is 0.0697. The van der Waals surface area contributed by atoms with E-state index >= 15 is 0 Å². The van der Waals surface area contributed by atoms with Crippen molar-refractivity contribution in [3.05, 3.63) is 65.9 Å². The van der Waals surface area contributed by atoms with E-state index in [1.807, 2.05) is 18.2 Å². The number of anilines is 3. The van der Waals surface area contributed by atoms with Gasteiger partial charge < -0.3 is 25.2 Å². The van der Waals surface area contributed by atoms with Crippen LogP contribution in [0.15, 0.2) is 54.7 Å². The highest BCUT2D eigenvalue weighted by Crippen LogP contribution is 2.27. The van der Waals surface area contributed by atoms with E-state index in [2.05, 4.69) is 20.6 Å². The maximum absolute atomic E-state index is 10.9. The molecule has 0 saturated heterocycles. The van der Waals surface area contributed by atoms with Crippen molar-refractivity contribution in [3.8, 4) is 11.5 Å². The third kappa shape index (κ3) is 4.67. The number of nitrogens with zero attached hydrogens (tertiary/aromatic N) is 2. The van der Waals surface area contributed by atoms with Crippen LogP contribution in [0.3, 0.4) is 0 Å². The molecule has 3 N–H and O–H groups in total. The zero-order valence-corrected chi connectivity index (χ0v) is 15.5. The topological polar surface area (TPSA) is 106 Å². The normalized spacial score (nSPS) is 10.2. The molecule has 0 fully saturated rings. The van der Waals surface area contributed by atoms with Gasteiger partial charge in [0.2, 0.25) is 5.95 Å². The average molecular weight is 380 g/mol. The summed E-state index contributed by atoms with van der Waals surface area (Å²) < 4.78 is 10.5. The molecule has 0 bridgehead atoms. The number of hydrogen-bond acceptors (Lipinski definition) is 7. The summed E-state index contributed by atoms with van der Waals surface area (Å²) in [5.41, 5.74) is 1.95. The summed E-state index contributed by atoms with van der Waals surface area (Å²) >= 11 is 0. The highest BCUT2D eigenvalue weighted by Gasteiger charge is 2.06. The highest BCUT2D eigenvalue weighted by molar-refractivity contribution is 5.88. The van der Waals surface area contributed by atoms with Gasteiger partial charge in [-0.05, 0) is 48.0 Å². The van der Waals surface area contributed by atoms with Crippen LogP contribution in [0.2, 0.25) is 0 Å². The van der Waals surface area contributed by atoms with Crippen molar-refractivity contribution in [1.82, 2.24) is 9.97 Å². The molecule has 2 aromatic carbocycles. The number of nitrogens with one attached hydrogen (secondary N) is 2. The fraction of sp³-hybridized carbons (Fsp3) is 0.150. The van der Waals surface area contributed by atoms with Crippen molar-refractivity contribution in [1.29, 1.82) is 0 Å². The van der Waals surface area contributed by atoms with E-state index in [-0.39, 0.29) is 5.56 Å². The molecule has 3 aromatic rings. The van der Waals surface area contributed by atoms with E-state index in [4.69, 9.17) is 14.6 Å². The molecule has 8 heteroatoms. The first-order valence-corrected chi connectivity index (χ1v) is 8.47. The quantitative estimate of drug-likeness (QED) is 0.545. The van der Waals surface area contributed by atoms with E-state index in [1.54, 1.807) is 38.6 Å². The third-order valence-corrected chi connectivity index (χ3v) is 3.96. The maximum atomic E-state index is 10.9. The van der Waals surface area contributed by atoms with Crippen LogP contribution in [0, 0.1) is 0 Å². The largest absolute Gasteiger partial charge is 0.493 e. The van der Waals surface area contributed by atoms with Crippen molar-refractivity contribution in [2.24, 2.45) is 0 Å². The van der Waals surface area contributed by atoms with Crippen molar-refractivity contribution < 1.29 is 19.4 Å². The molecule has 8 nitrogen and oxygen atoms in total. The van der Waals surface area contributed by atoms with Crippen LogP contribution in [-0.2, 0) is 6.54 Å². The van der Waals surface area contributed by atoms with Gasteiger partial charge in [0.05, 0.1) is 19.8 Å². The van der Waals surface area contributed by atoms with Gasteiger partial charge in [-0.15, -0.1) is 0 Å². The summed E-state index contributed by atoms with van der Waals surface area (Å²) in [7, 11) is 3.19. The second-order valence-electron chi connectivity index (χ2n) is 5.82. The molecule has 0 aliphatic carbocycles. The van der Waals surface area contributed by atoms with Gasteiger partial charge in [0.25, 0.3) is 0 Å². The average Bonchev–Trinajstić information content (AvgIpc) is 2.72. The summed E-state index contributed by atoms with van der Waals surface area (Å²) in [6.45, 7) is 0.511. The predicted octanol–water partition coefficient (Wildman–Crippen LogP) is 3.55. The third-order valence-electron chi connectivity index (χ3n) is 3.96. The van der Waals surface area contributed by atoms with Gasteiger partial charge in [-0.25, -0.2) is 9.78 Å². The Bertz CT molecular complexity index is 961. The Hall–Kier alpha value is -3.81. The lowest BCUT2D eigenvalue weighted by atomic mass is 10.2. The molecule has 0 unspecified atom stereocenters. The van der Waals surface area contributed by atoms with E-state index in [1.165, 1.54) is 12.1 Å². The Morgan fingerprint density at radius 2 is 1.79 bits per heavy atom. The Kier molecular flexibility index (Phi) is 5.91. The first-order valence-electron chi connectivity index (χ1n) is 8.47. The number of aromatic carboxylic acids is 1. The standard InChI is InChI=1S/C20H20N4O4/c1-27-16-8-3-13(11-17(16)28-2)12-22-20-21-10-9-18(24-20)23-15-6-4-14(5-7-15)19(25)26/h3-11H,12H2,1-2H3,(H,25,26)(H2,21,22,23,24). The van der Waals surface area contributed by atoms with Gasteiger partial charge in [-0.1, -0.05) is 6.07 Å². The van der Waals surface area contributed by atoms with Crippen molar-refractivity contribution >= 4 is 23.4 Å². The van der Waals surface area contributed by atoms with Gasteiger partial charge in [0, 0.05) is 18.4 Å². The van der Waals surface area contributed by atoms with E-state index in [9.17, 15) is 4.79 Å². The molecule has 0 radical (unpaired) electrons. The van der Waals surface area contributed by atoms with Crippen LogP contribution in [0.5, 0.6) is 11.5 Å². The fourth-order valence-electron chi connectivity index (χ4n) is 2.53. The second kappa shape index (κ2) is 8.72. The monoisotopic (exact) mass is 380 g/mol. The fourth-order valence-corrected chi connectivity index (χ4v) is 2.53. The van der Waals surface area contributed by atoms with Crippen molar-refractivity contribution in [2.75, 3.05) is 24.9 Å². The number of methoxy groups -OCH3 is 2. The van der Waals surface area contributed by atoms with E-state index in [0.29, 0.717) is 29.8 Å². The molecule has 0 aliphatic rings. The van der Waals surface area contributed by atoms with Crippen LogP contribution in [-0.4, -0.2) is 35.3 Å². The van der Waals surface area contributed by atoms with E-state index < -0.39 is 5.97 Å². The lowest BCUT2D eigenvalue weighted by Crippen LogP contribution is -2.05. The number of aromatic nitrogens is 2. The van der Waals surface area contributed by atoms with E-state index in [0.717, 1.165) is 11.3 Å². The van der Waals surface area contributed by atoms with Gasteiger partial charge >= 0.3 is 5.97 Å². The number of rotatable bonds is 8. The Balaban J connectivity index is 1.65. The Morgan fingerprint density at radius 3 is 2.46 bits per heavy atom. The summed E-state index contributed by atoms with van der Waals surface area (Å²) in [4.78, 5) is 19.5. The summed E-state index contributed by atoms with van der Waals surface area (Å²) in [5, 5.41) is 15.2. The minimum atomic E-state index is -0.963. The molecule has 0 aliphatic heterocycles. The summed E-state index contributed by atoms with van der Waals surface area (Å²) in [5.74, 6) is 1.41. The number of benzene rings is 2. The molecule has 0 atom stereocenters. The van der Waals surface area contributed by atoms with Crippen LogP contribution >= 0.6 is 0 Å². The maximum Gasteiger partial charge on any atom is 0.335 e. The molecule has 3 rings (SSSR count). The van der Waals surface area contributed by atoms with Crippen LogP contribution in [0.1, 0.15) is 15.9 Å². The number of carbonyl (C=O) groups is 1. The molecule has 0 saturated carbocycles. The first-order chi connectivity index (χ1) is 13.6. The second-order valence-corrected chi connectivity index (χ2v) is 5.82. The van der Waals surface area contributed by atoms with Crippen LogP contribution in [0.4, 0.5) is 17.5 Å². The predicted molar refractivity (Wildman–Crippen MR) is 106 cm³/mol. The SMILES string of the molecule is COc1ccc(CNc2nccc(Nc3ccc(C(=O)O)cc3)n2)cc1OC. The zero-order chi connectivity index (χ0) is 19.9. The van der Waals surface area contributed by atoms with Crippen molar-refractivity contribution in [2.45, 2.75) is 6.54 Å². The molecule has 0 amide bonds. The first kappa shape index (κ1) is 19.0. The smallest absolute Gasteiger partial charge is 0.335 e. The highest BCUT2D eigenvalue weighted by atomic mass is 16.5. The number of carboxylic acids is 1. The molecule has 1 heterocycles. The van der Waals surface area contributed by atoms with Gasteiger partial charge in [-0.2, -0.15) is 4.98 Å².